The molecule has 0 unspecified atom stereocenters. The zero-order chi connectivity index (χ0) is 14.5. The Morgan fingerprint density at radius 1 is 0.905 bits per heavy atom. The number of nitrogens with zero attached hydrogens (tertiary/aromatic N) is 2. The molecule has 21 heavy (non-hydrogen) atoms. The van der Waals surface area contributed by atoms with Crippen LogP contribution < -0.4 is 5.32 Å². The highest BCUT2D eigenvalue weighted by Gasteiger charge is 2.02. The number of benzene rings is 2. The van der Waals surface area contributed by atoms with Gasteiger partial charge in [0.15, 0.2) is 0 Å². The number of hydrogen-bond donors (Lipinski definition) is 2. The summed E-state index contributed by atoms with van der Waals surface area (Å²) in [6.07, 6.45) is 1.95. The molecule has 2 N–H and O–H groups in total. The summed E-state index contributed by atoms with van der Waals surface area (Å²) in [5.74, 6) is 0.319. The molecule has 106 valence electrons. The first-order chi connectivity index (χ1) is 10.3. The summed E-state index contributed by atoms with van der Waals surface area (Å²) < 4.78 is 1.86. The second-order valence-electron chi connectivity index (χ2n) is 4.82. The molecule has 1 aromatic heterocycles. The van der Waals surface area contributed by atoms with Gasteiger partial charge in [-0.05, 0) is 24.3 Å². The molecule has 0 aliphatic heterocycles. The number of aromatic nitrogens is 2. The van der Waals surface area contributed by atoms with Gasteiger partial charge in [0.1, 0.15) is 5.75 Å². The van der Waals surface area contributed by atoms with E-state index in [-0.39, 0.29) is 0 Å². The summed E-state index contributed by atoms with van der Waals surface area (Å²) >= 11 is 0. The van der Waals surface area contributed by atoms with Crippen LogP contribution in [0.4, 0.5) is 0 Å². The first kappa shape index (κ1) is 13.4. The smallest absolute Gasteiger partial charge is 0.120 e. The molecule has 4 nitrogen and oxygen atoms in total. The number of para-hydroxylation sites is 2. The van der Waals surface area contributed by atoms with Crippen molar-refractivity contribution in [2.45, 2.75) is 13.1 Å². The lowest BCUT2D eigenvalue weighted by Gasteiger charge is -2.05. The van der Waals surface area contributed by atoms with Crippen LogP contribution in [0, 0.1) is 0 Å². The Kier molecular flexibility index (Phi) is 3.98. The van der Waals surface area contributed by atoms with Gasteiger partial charge in [0.2, 0.25) is 0 Å². The van der Waals surface area contributed by atoms with Crippen LogP contribution in [0.25, 0.3) is 5.69 Å². The van der Waals surface area contributed by atoms with E-state index >= 15 is 0 Å². The Balaban J connectivity index is 1.60. The summed E-state index contributed by atoms with van der Waals surface area (Å²) in [5, 5.41) is 17.5. The van der Waals surface area contributed by atoms with Gasteiger partial charge in [-0.1, -0.05) is 36.4 Å². The average molecular weight is 279 g/mol. The maximum absolute atomic E-state index is 9.70. The van der Waals surface area contributed by atoms with Crippen LogP contribution >= 0.6 is 0 Å². The maximum atomic E-state index is 9.70. The Hall–Kier alpha value is -2.59. The van der Waals surface area contributed by atoms with Crippen molar-refractivity contribution in [3.05, 3.63) is 78.1 Å². The molecular formula is C17H17N3O. The molecule has 3 rings (SSSR count). The van der Waals surface area contributed by atoms with Crippen LogP contribution in [-0.2, 0) is 13.1 Å². The third kappa shape index (κ3) is 3.30. The molecule has 0 bridgehead atoms. The van der Waals surface area contributed by atoms with Crippen molar-refractivity contribution in [1.82, 2.24) is 15.1 Å². The summed E-state index contributed by atoms with van der Waals surface area (Å²) in [4.78, 5) is 0. The van der Waals surface area contributed by atoms with Gasteiger partial charge in [-0.15, -0.1) is 0 Å². The van der Waals surface area contributed by atoms with Gasteiger partial charge >= 0.3 is 0 Å². The predicted molar refractivity (Wildman–Crippen MR) is 82.2 cm³/mol. The minimum absolute atomic E-state index is 0.319. The lowest BCUT2D eigenvalue weighted by Crippen LogP contribution is -2.13. The van der Waals surface area contributed by atoms with Crippen molar-refractivity contribution in [2.75, 3.05) is 0 Å². The fourth-order valence-corrected chi connectivity index (χ4v) is 2.17. The first-order valence-corrected chi connectivity index (χ1v) is 6.90. The number of rotatable bonds is 5. The summed E-state index contributed by atoms with van der Waals surface area (Å²) in [6.45, 7) is 1.28. The van der Waals surface area contributed by atoms with Crippen LogP contribution in [0.2, 0.25) is 0 Å². The maximum Gasteiger partial charge on any atom is 0.120 e. The monoisotopic (exact) mass is 279 g/mol. The van der Waals surface area contributed by atoms with Crippen LogP contribution in [0.15, 0.2) is 66.9 Å². The lowest BCUT2D eigenvalue weighted by atomic mass is 10.2. The Labute approximate surface area is 123 Å². The largest absolute Gasteiger partial charge is 0.508 e. The second-order valence-corrected chi connectivity index (χ2v) is 4.82. The lowest BCUT2D eigenvalue weighted by molar-refractivity contribution is 0.464. The van der Waals surface area contributed by atoms with Gasteiger partial charge in [-0.2, -0.15) is 5.10 Å². The minimum Gasteiger partial charge on any atom is -0.508 e. The van der Waals surface area contributed by atoms with E-state index in [0.29, 0.717) is 18.8 Å². The molecule has 0 amide bonds. The molecule has 1 heterocycles. The summed E-state index contributed by atoms with van der Waals surface area (Å²) in [6, 6.07) is 19.3. The average Bonchev–Trinajstić information content (AvgIpc) is 2.99. The van der Waals surface area contributed by atoms with Crippen molar-refractivity contribution >= 4 is 0 Å². The SMILES string of the molecule is Oc1ccccc1CNCc1ccn(-c2ccccc2)n1. The second kappa shape index (κ2) is 6.24. The Bertz CT molecular complexity index is 707. The Morgan fingerprint density at radius 2 is 1.67 bits per heavy atom. The van der Waals surface area contributed by atoms with E-state index in [1.54, 1.807) is 6.07 Å². The quantitative estimate of drug-likeness (QED) is 0.755. The number of phenols is 1. The van der Waals surface area contributed by atoms with Gasteiger partial charge in [0.05, 0.1) is 11.4 Å². The minimum atomic E-state index is 0.319. The highest BCUT2D eigenvalue weighted by molar-refractivity contribution is 5.32. The van der Waals surface area contributed by atoms with E-state index in [1.807, 2.05) is 65.5 Å². The molecule has 0 saturated heterocycles. The molecule has 0 atom stereocenters. The Morgan fingerprint density at radius 3 is 2.48 bits per heavy atom. The van der Waals surface area contributed by atoms with Crippen LogP contribution in [0.1, 0.15) is 11.3 Å². The van der Waals surface area contributed by atoms with Crippen molar-refractivity contribution in [3.8, 4) is 11.4 Å². The zero-order valence-electron chi connectivity index (χ0n) is 11.6. The molecule has 0 saturated carbocycles. The van der Waals surface area contributed by atoms with Crippen molar-refractivity contribution in [2.24, 2.45) is 0 Å². The van der Waals surface area contributed by atoms with Crippen LogP contribution in [0.5, 0.6) is 5.75 Å². The van der Waals surface area contributed by atoms with E-state index in [0.717, 1.165) is 16.9 Å². The molecule has 0 fully saturated rings. The third-order valence-electron chi connectivity index (χ3n) is 3.28. The van der Waals surface area contributed by atoms with Crippen molar-refractivity contribution in [1.29, 1.82) is 0 Å². The molecule has 0 spiro atoms. The zero-order valence-corrected chi connectivity index (χ0v) is 11.6. The molecular weight excluding hydrogens is 262 g/mol. The topological polar surface area (TPSA) is 50.1 Å². The third-order valence-corrected chi connectivity index (χ3v) is 3.28. The van der Waals surface area contributed by atoms with Crippen molar-refractivity contribution < 1.29 is 5.11 Å². The standard InChI is InChI=1S/C17H17N3O/c21-17-9-5-4-6-14(17)12-18-13-15-10-11-20(19-15)16-7-2-1-3-8-16/h1-11,18,21H,12-13H2. The van der Waals surface area contributed by atoms with E-state index in [4.69, 9.17) is 0 Å². The highest BCUT2D eigenvalue weighted by atomic mass is 16.3. The van der Waals surface area contributed by atoms with Gasteiger partial charge in [0.25, 0.3) is 0 Å². The number of aromatic hydroxyl groups is 1. The predicted octanol–water partition coefficient (Wildman–Crippen LogP) is 2.87. The molecule has 0 aliphatic rings. The number of phenolic OH excluding ortho intramolecular Hbond substituents is 1. The van der Waals surface area contributed by atoms with Gasteiger partial charge in [-0.25, -0.2) is 4.68 Å². The van der Waals surface area contributed by atoms with Crippen LogP contribution in [0.3, 0.4) is 0 Å². The van der Waals surface area contributed by atoms with E-state index in [9.17, 15) is 5.11 Å². The fourth-order valence-electron chi connectivity index (χ4n) is 2.17. The van der Waals surface area contributed by atoms with Gasteiger partial charge in [0, 0.05) is 24.8 Å². The van der Waals surface area contributed by atoms with E-state index < -0.39 is 0 Å². The van der Waals surface area contributed by atoms with E-state index in [2.05, 4.69) is 10.4 Å². The fraction of sp³-hybridized carbons (Fsp3) is 0.118. The number of hydrogen-bond acceptors (Lipinski definition) is 3. The molecule has 0 radical (unpaired) electrons. The summed E-state index contributed by atoms with van der Waals surface area (Å²) in [7, 11) is 0. The molecule has 3 aromatic rings. The molecule has 2 aromatic carbocycles. The normalized spacial score (nSPS) is 10.7. The highest BCUT2D eigenvalue weighted by Crippen LogP contribution is 2.15. The van der Waals surface area contributed by atoms with Crippen molar-refractivity contribution in [3.63, 3.8) is 0 Å². The first-order valence-electron chi connectivity index (χ1n) is 6.90. The molecule has 4 heteroatoms. The van der Waals surface area contributed by atoms with Gasteiger partial charge < -0.3 is 10.4 Å². The molecule has 0 aliphatic carbocycles. The van der Waals surface area contributed by atoms with Crippen LogP contribution in [-0.4, -0.2) is 14.9 Å². The van der Waals surface area contributed by atoms with E-state index in [1.165, 1.54) is 0 Å². The summed E-state index contributed by atoms with van der Waals surface area (Å²) in [5.41, 5.74) is 2.90. The number of nitrogens with one attached hydrogen (secondary N) is 1. The van der Waals surface area contributed by atoms with Gasteiger partial charge in [-0.3, -0.25) is 0 Å².